The SMILES string of the molecule is CCCCc1cc(-c2ccc(C)cc2)c(CCCC)[se]1. The van der Waals surface area contributed by atoms with Crippen LogP contribution in [-0.4, -0.2) is 14.5 Å². The summed E-state index contributed by atoms with van der Waals surface area (Å²) in [6, 6.07) is 11.6. The number of hydrogen-bond acceptors (Lipinski definition) is 0. The molecule has 2 rings (SSSR count). The van der Waals surface area contributed by atoms with Crippen LogP contribution >= 0.6 is 0 Å². The molecule has 0 N–H and O–H groups in total. The van der Waals surface area contributed by atoms with Gasteiger partial charge in [0.05, 0.1) is 0 Å². The molecule has 0 nitrogen and oxygen atoms in total. The van der Waals surface area contributed by atoms with Gasteiger partial charge in [0.15, 0.2) is 0 Å². The van der Waals surface area contributed by atoms with Gasteiger partial charge in [0.25, 0.3) is 0 Å². The quantitative estimate of drug-likeness (QED) is 0.595. The Morgan fingerprint density at radius 1 is 0.900 bits per heavy atom. The Kier molecular flexibility index (Phi) is 6.13. The normalized spacial score (nSPS) is 10.9. The molecule has 108 valence electrons. The molecule has 1 aromatic heterocycles. The van der Waals surface area contributed by atoms with Crippen LogP contribution in [0.2, 0.25) is 0 Å². The van der Waals surface area contributed by atoms with E-state index in [2.05, 4.69) is 51.1 Å². The van der Waals surface area contributed by atoms with Gasteiger partial charge in [0.2, 0.25) is 0 Å². The van der Waals surface area contributed by atoms with E-state index in [1.165, 1.54) is 49.7 Å². The molecule has 0 aliphatic heterocycles. The van der Waals surface area contributed by atoms with E-state index in [0.717, 1.165) is 0 Å². The molecule has 0 aliphatic rings. The van der Waals surface area contributed by atoms with E-state index in [1.54, 1.807) is 14.4 Å². The first-order valence-electron chi connectivity index (χ1n) is 7.93. The Hall–Kier alpha value is -0.781. The predicted molar refractivity (Wildman–Crippen MR) is 90.8 cm³/mol. The standard InChI is InChI=1S/C19H26Se/c1-4-6-8-17-14-18(19(20-17)9-7-5-2)16-12-10-15(3)11-13-16/h10-14H,4-9H2,1-3H3. The monoisotopic (exact) mass is 334 g/mol. The minimum atomic E-state index is 0.616. The fourth-order valence-corrected chi connectivity index (χ4v) is 5.13. The second-order valence-electron chi connectivity index (χ2n) is 5.62. The summed E-state index contributed by atoms with van der Waals surface area (Å²) in [6.45, 7) is 6.74. The van der Waals surface area contributed by atoms with Gasteiger partial charge in [-0.3, -0.25) is 0 Å². The summed E-state index contributed by atoms with van der Waals surface area (Å²) < 4.78 is 3.44. The van der Waals surface area contributed by atoms with Crippen LogP contribution in [-0.2, 0) is 12.8 Å². The molecule has 0 radical (unpaired) electrons. The summed E-state index contributed by atoms with van der Waals surface area (Å²) in [5, 5.41) is 0. The second-order valence-corrected chi connectivity index (χ2v) is 8.19. The van der Waals surface area contributed by atoms with Crippen LogP contribution in [0.15, 0.2) is 30.3 Å². The fourth-order valence-electron chi connectivity index (χ4n) is 2.46. The molecule has 1 aromatic carbocycles. The van der Waals surface area contributed by atoms with Gasteiger partial charge in [-0.1, -0.05) is 0 Å². The van der Waals surface area contributed by atoms with E-state index in [4.69, 9.17) is 0 Å². The van der Waals surface area contributed by atoms with Crippen molar-refractivity contribution in [3.63, 3.8) is 0 Å². The summed E-state index contributed by atoms with van der Waals surface area (Å²) in [4.78, 5) is 0. The van der Waals surface area contributed by atoms with Gasteiger partial charge in [0, 0.05) is 0 Å². The Labute approximate surface area is 130 Å². The Morgan fingerprint density at radius 3 is 2.20 bits per heavy atom. The summed E-state index contributed by atoms with van der Waals surface area (Å²) in [7, 11) is 0. The third-order valence-corrected chi connectivity index (χ3v) is 6.39. The first-order valence-corrected chi connectivity index (χ1v) is 9.64. The zero-order chi connectivity index (χ0) is 14.4. The van der Waals surface area contributed by atoms with E-state index in [9.17, 15) is 0 Å². The maximum atomic E-state index is 2.51. The van der Waals surface area contributed by atoms with Gasteiger partial charge < -0.3 is 0 Å². The third-order valence-electron chi connectivity index (χ3n) is 3.76. The number of rotatable bonds is 7. The van der Waals surface area contributed by atoms with E-state index < -0.39 is 0 Å². The van der Waals surface area contributed by atoms with Gasteiger partial charge in [-0.15, -0.1) is 0 Å². The first-order chi connectivity index (χ1) is 9.74. The van der Waals surface area contributed by atoms with Crippen molar-refractivity contribution in [1.29, 1.82) is 0 Å². The van der Waals surface area contributed by atoms with Crippen molar-refractivity contribution in [2.45, 2.75) is 59.3 Å². The topological polar surface area (TPSA) is 0 Å². The molecule has 0 fully saturated rings. The molecule has 0 unspecified atom stereocenters. The molecule has 1 heteroatoms. The van der Waals surface area contributed by atoms with Crippen LogP contribution in [0.5, 0.6) is 0 Å². The van der Waals surface area contributed by atoms with Gasteiger partial charge in [-0.25, -0.2) is 0 Å². The van der Waals surface area contributed by atoms with Crippen LogP contribution in [0, 0.1) is 6.92 Å². The summed E-state index contributed by atoms with van der Waals surface area (Å²) >= 11 is 0.616. The minimum absolute atomic E-state index is 0.616. The zero-order valence-electron chi connectivity index (χ0n) is 13.0. The van der Waals surface area contributed by atoms with Crippen LogP contribution in [0.4, 0.5) is 0 Å². The van der Waals surface area contributed by atoms with E-state index in [-0.39, 0.29) is 0 Å². The van der Waals surface area contributed by atoms with Crippen molar-refractivity contribution < 1.29 is 0 Å². The Bertz CT molecular complexity index is 519. The summed E-state index contributed by atoms with van der Waals surface area (Å²) in [5.74, 6) is 0. The number of benzene rings is 1. The molecule has 0 spiro atoms. The number of hydrogen-bond donors (Lipinski definition) is 0. The zero-order valence-corrected chi connectivity index (χ0v) is 14.8. The van der Waals surface area contributed by atoms with Crippen LogP contribution in [0.25, 0.3) is 11.1 Å². The molecule has 2 aromatic rings. The maximum absolute atomic E-state index is 2.51. The van der Waals surface area contributed by atoms with Crippen molar-refractivity contribution in [2.75, 3.05) is 0 Å². The molecule has 0 bridgehead atoms. The summed E-state index contributed by atoms with van der Waals surface area (Å²) in [6.07, 6.45) is 7.88. The fraction of sp³-hybridized carbons (Fsp3) is 0.474. The molecule has 0 amide bonds. The van der Waals surface area contributed by atoms with E-state index in [0.29, 0.717) is 14.5 Å². The Morgan fingerprint density at radius 2 is 1.55 bits per heavy atom. The number of unbranched alkanes of at least 4 members (excludes halogenated alkanes) is 2. The molecule has 0 saturated carbocycles. The van der Waals surface area contributed by atoms with Gasteiger partial charge in [0.1, 0.15) is 0 Å². The third kappa shape index (κ3) is 4.10. The van der Waals surface area contributed by atoms with Crippen molar-refractivity contribution in [2.24, 2.45) is 0 Å². The summed E-state index contributed by atoms with van der Waals surface area (Å²) in [5.41, 5.74) is 4.32. The van der Waals surface area contributed by atoms with Crippen molar-refractivity contribution in [1.82, 2.24) is 0 Å². The van der Waals surface area contributed by atoms with Gasteiger partial charge >= 0.3 is 130 Å². The molecular weight excluding hydrogens is 307 g/mol. The van der Waals surface area contributed by atoms with E-state index in [1.807, 2.05) is 0 Å². The van der Waals surface area contributed by atoms with Crippen LogP contribution < -0.4 is 0 Å². The van der Waals surface area contributed by atoms with Crippen molar-refractivity contribution >= 4 is 14.5 Å². The second kappa shape index (κ2) is 7.86. The average Bonchev–Trinajstić information content (AvgIpc) is 2.87. The van der Waals surface area contributed by atoms with Gasteiger partial charge in [-0.05, 0) is 0 Å². The van der Waals surface area contributed by atoms with Crippen molar-refractivity contribution in [3.05, 3.63) is 44.8 Å². The molecule has 0 saturated heterocycles. The molecule has 1 heterocycles. The van der Waals surface area contributed by atoms with Gasteiger partial charge in [-0.2, -0.15) is 0 Å². The molecular formula is C19H26Se. The molecule has 20 heavy (non-hydrogen) atoms. The Balaban J connectivity index is 2.27. The molecule has 0 aliphatic carbocycles. The molecule has 0 atom stereocenters. The predicted octanol–water partition coefficient (Wildman–Crippen LogP) is 5.40. The average molecular weight is 333 g/mol. The van der Waals surface area contributed by atoms with Crippen LogP contribution in [0.3, 0.4) is 0 Å². The number of aryl methyl sites for hydroxylation is 3. The first kappa shape index (κ1) is 15.6. The van der Waals surface area contributed by atoms with Crippen molar-refractivity contribution in [3.8, 4) is 11.1 Å². The van der Waals surface area contributed by atoms with E-state index >= 15 is 0 Å². The van der Waals surface area contributed by atoms with Crippen LogP contribution in [0.1, 0.15) is 54.0 Å².